The van der Waals surface area contributed by atoms with Gasteiger partial charge >= 0.3 is 0 Å². The fraction of sp³-hybridized carbons (Fsp3) is 0.571. The van der Waals surface area contributed by atoms with Crippen LogP contribution in [0.5, 0.6) is 5.75 Å². The molecule has 0 radical (unpaired) electrons. The van der Waals surface area contributed by atoms with E-state index in [2.05, 4.69) is 0 Å². The van der Waals surface area contributed by atoms with Gasteiger partial charge in [-0.05, 0) is 31.0 Å². The molecule has 0 aliphatic rings. The third-order valence-electron chi connectivity index (χ3n) is 3.01. The molecular formula is C14H23NO4S. The number of methoxy groups -OCH3 is 2. The molecule has 1 aromatic rings. The Kier molecular flexibility index (Phi) is 6.45. The summed E-state index contributed by atoms with van der Waals surface area (Å²) in [7, 11) is -0.0958. The summed E-state index contributed by atoms with van der Waals surface area (Å²) in [5.74, 6) is 0.636. The molecule has 0 aliphatic carbocycles. The van der Waals surface area contributed by atoms with Crippen LogP contribution in [-0.2, 0) is 20.3 Å². The Hall–Kier alpha value is -1.11. The van der Waals surface area contributed by atoms with Crippen molar-refractivity contribution in [3.05, 3.63) is 29.3 Å². The van der Waals surface area contributed by atoms with Crippen molar-refractivity contribution in [3.63, 3.8) is 0 Å². The molecule has 0 heterocycles. The minimum atomic E-state index is -3.18. The van der Waals surface area contributed by atoms with Gasteiger partial charge in [0.05, 0.1) is 18.6 Å². The Morgan fingerprint density at radius 3 is 2.55 bits per heavy atom. The SMILES string of the molecule is COCCCS(=O)(=O)Cc1cc(C(C)N)ccc1OC. The Morgan fingerprint density at radius 2 is 2.00 bits per heavy atom. The average molecular weight is 301 g/mol. The zero-order valence-corrected chi connectivity index (χ0v) is 13.1. The molecule has 1 aromatic carbocycles. The predicted molar refractivity (Wildman–Crippen MR) is 79.6 cm³/mol. The lowest BCUT2D eigenvalue weighted by Gasteiger charge is -2.13. The summed E-state index contributed by atoms with van der Waals surface area (Å²) in [5, 5.41) is 0. The summed E-state index contributed by atoms with van der Waals surface area (Å²) in [5.41, 5.74) is 7.38. The van der Waals surface area contributed by atoms with Crippen molar-refractivity contribution >= 4 is 9.84 Å². The highest BCUT2D eigenvalue weighted by molar-refractivity contribution is 7.90. The molecule has 0 aromatic heterocycles. The van der Waals surface area contributed by atoms with Gasteiger partial charge in [-0.15, -0.1) is 0 Å². The lowest BCUT2D eigenvalue weighted by atomic mass is 10.1. The molecule has 0 bridgehead atoms. The minimum Gasteiger partial charge on any atom is -0.496 e. The number of ether oxygens (including phenoxy) is 2. The molecule has 6 heteroatoms. The average Bonchev–Trinajstić information content (AvgIpc) is 2.38. The van der Waals surface area contributed by atoms with Crippen LogP contribution in [0.2, 0.25) is 0 Å². The second-order valence-electron chi connectivity index (χ2n) is 4.80. The van der Waals surface area contributed by atoms with E-state index in [1.807, 2.05) is 13.0 Å². The van der Waals surface area contributed by atoms with Gasteiger partial charge in [0.25, 0.3) is 0 Å². The van der Waals surface area contributed by atoms with Gasteiger partial charge in [0.2, 0.25) is 0 Å². The van der Waals surface area contributed by atoms with Crippen LogP contribution in [0.1, 0.15) is 30.5 Å². The highest BCUT2D eigenvalue weighted by atomic mass is 32.2. The van der Waals surface area contributed by atoms with Crippen molar-refractivity contribution in [2.24, 2.45) is 5.73 Å². The zero-order valence-electron chi connectivity index (χ0n) is 12.3. The molecule has 0 aliphatic heterocycles. The van der Waals surface area contributed by atoms with Gasteiger partial charge in [-0.1, -0.05) is 6.07 Å². The largest absolute Gasteiger partial charge is 0.496 e. The van der Waals surface area contributed by atoms with Crippen LogP contribution in [0.4, 0.5) is 0 Å². The summed E-state index contributed by atoms with van der Waals surface area (Å²) in [4.78, 5) is 0. The van der Waals surface area contributed by atoms with Crippen LogP contribution < -0.4 is 10.5 Å². The highest BCUT2D eigenvalue weighted by Gasteiger charge is 2.16. The van der Waals surface area contributed by atoms with E-state index in [1.165, 1.54) is 7.11 Å². The topological polar surface area (TPSA) is 78.6 Å². The molecule has 0 saturated carbocycles. The normalized spacial score (nSPS) is 13.2. The van der Waals surface area contributed by atoms with Crippen LogP contribution in [0, 0.1) is 0 Å². The Labute approximate surface area is 121 Å². The van der Waals surface area contributed by atoms with Gasteiger partial charge in [0.1, 0.15) is 5.75 Å². The first kappa shape index (κ1) is 16.9. The number of hydrogen-bond donors (Lipinski definition) is 1. The lowest BCUT2D eigenvalue weighted by Crippen LogP contribution is -2.13. The first-order chi connectivity index (χ1) is 9.39. The number of rotatable bonds is 8. The third kappa shape index (κ3) is 5.11. The molecule has 0 spiro atoms. The van der Waals surface area contributed by atoms with E-state index in [1.54, 1.807) is 19.2 Å². The maximum Gasteiger partial charge on any atom is 0.154 e. The fourth-order valence-corrected chi connectivity index (χ4v) is 3.33. The predicted octanol–water partition coefficient (Wildman–Crippen LogP) is 1.67. The molecule has 1 rings (SSSR count). The molecule has 0 saturated heterocycles. The van der Waals surface area contributed by atoms with Gasteiger partial charge in [0.15, 0.2) is 9.84 Å². The quantitative estimate of drug-likeness (QED) is 0.739. The summed E-state index contributed by atoms with van der Waals surface area (Å²) >= 11 is 0. The van der Waals surface area contributed by atoms with Gasteiger partial charge in [-0.25, -0.2) is 8.42 Å². The van der Waals surface area contributed by atoms with E-state index in [4.69, 9.17) is 15.2 Å². The van der Waals surface area contributed by atoms with Crippen LogP contribution in [0.3, 0.4) is 0 Å². The van der Waals surface area contributed by atoms with Crippen molar-refractivity contribution < 1.29 is 17.9 Å². The summed E-state index contributed by atoms with van der Waals surface area (Å²) in [6.45, 7) is 2.30. The van der Waals surface area contributed by atoms with Crippen molar-refractivity contribution in [2.45, 2.75) is 25.1 Å². The standard InChI is InChI=1S/C14H23NO4S/c1-11(15)12-5-6-14(19-3)13(9-12)10-20(16,17)8-4-7-18-2/h5-6,9,11H,4,7-8,10,15H2,1-3H3. The molecule has 1 atom stereocenters. The summed E-state index contributed by atoms with van der Waals surface area (Å²) in [6, 6.07) is 5.27. The highest BCUT2D eigenvalue weighted by Crippen LogP contribution is 2.24. The maximum atomic E-state index is 12.1. The summed E-state index contributed by atoms with van der Waals surface area (Å²) in [6.07, 6.45) is 0.494. The molecule has 5 nitrogen and oxygen atoms in total. The van der Waals surface area contributed by atoms with Crippen LogP contribution in [0.25, 0.3) is 0 Å². The van der Waals surface area contributed by atoms with Crippen molar-refractivity contribution in [2.75, 3.05) is 26.6 Å². The zero-order chi connectivity index (χ0) is 15.2. The third-order valence-corrected chi connectivity index (χ3v) is 4.67. The first-order valence-corrected chi connectivity index (χ1v) is 8.33. The molecule has 2 N–H and O–H groups in total. The minimum absolute atomic E-state index is 0.0412. The molecule has 20 heavy (non-hydrogen) atoms. The van der Waals surface area contributed by atoms with Gasteiger partial charge < -0.3 is 15.2 Å². The van der Waals surface area contributed by atoms with Crippen LogP contribution >= 0.6 is 0 Å². The number of benzene rings is 1. The molecule has 0 fully saturated rings. The van der Waals surface area contributed by atoms with E-state index in [0.717, 1.165) is 5.56 Å². The Balaban J connectivity index is 2.91. The van der Waals surface area contributed by atoms with Gasteiger partial charge in [-0.2, -0.15) is 0 Å². The second-order valence-corrected chi connectivity index (χ2v) is 6.98. The van der Waals surface area contributed by atoms with Crippen LogP contribution in [0.15, 0.2) is 18.2 Å². The van der Waals surface area contributed by atoms with Crippen molar-refractivity contribution in [3.8, 4) is 5.75 Å². The van der Waals surface area contributed by atoms with E-state index in [-0.39, 0.29) is 17.5 Å². The number of sulfone groups is 1. The monoisotopic (exact) mass is 301 g/mol. The molecule has 114 valence electrons. The molecule has 1 unspecified atom stereocenters. The molecule has 0 amide bonds. The smallest absolute Gasteiger partial charge is 0.154 e. The van der Waals surface area contributed by atoms with E-state index < -0.39 is 9.84 Å². The number of nitrogens with two attached hydrogens (primary N) is 1. The second kappa shape index (κ2) is 7.61. The van der Waals surface area contributed by atoms with Crippen molar-refractivity contribution in [1.29, 1.82) is 0 Å². The lowest BCUT2D eigenvalue weighted by molar-refractivity contribution is 0.199. The Bertz CT molecular complexity index is 526. The van der Waals surface area contributed by atoms with Gasteiger partial charge in [0, 0.05) is 25.3 Å². The summed E-state index contributed by atoms with van der Waals surface area (Å²) < 4.78 is 34.3. The van der Waals surface area contributed by atoms with Gasteiger partial charge in [-0.3, -0.25) is 0 Å². The first-order valence-electron chi connectivity index (χ1n) is 6.51. The van der Waals surface area contributed by atoms with E-state index >= 15 is 0 Å². The maximum absolute atomic E-state index is 12.1. The van der Waals surface area contributed by atoms with Crippen LogP contribution in [-0.4, -0.2) is 35.0 Å². The van der Waals surface area contributed by atoms with E-state index in [9.17, 15) is 8.42 Å². The fourth-order valence-electron chi connectivity index (χ4n) is 1.93. The molecular weight excluding hydrogens is 278 g/mol. The Morgan fingerprint density at radius 1 is 1.30 bits per heavy atom. The number of hydrogen-bond acceptors (Lipinski definition) is 5. The van der Waals surface area contributed by atoms with Crippen molar-refractivity contribution in [1.82, 2.24) is 0 Å². The van der Waals surface area contributed by atoms with E-state index in [0.29, 0.717) is 24.3 Å².